The Balaban J connectivity index is 1.99. The second kappa shape index (κ2) is 7.93. The van der Waals surface area contributed by atoms with Crippen molar-refractivity contribution >= 4 is 16.7 Å². The maximum atomic E-state index is 12.7. The number of carbonyl (C=O) groups is 1. The first-order valence-corrected chi connectivity index (χ1v) is 8.63. The van der Waals surface area contributed by atoms with Gasteiger partial charge in [-0.1, -0.05) is 45.0 Å². The van der Waals surface area contributed by atoms with Gasteiger partial charge in [0, 0.05) is 0 Å². The molecule has 0 aromatic heterocycles. The maximum absolute atomic E-state index is 12.7. The van der Waals surface area contributed by atoms with Crippen molar-refractivity contribution in [3.8, 4) is 5.75 Å². The van der Waals surface area contributed by atoms with E-state index in [9.17, 15) is 26.7 Å². The summed E-state index contributed by atoms with van der Waals surface area (Å²) in [7, 11) is 0. The smallest absolute Gasteiger partial charge is 0.456 e. The molecule has 0 saturated carbocycles. The van der Waals surface area contributed by atoms with Crippen LogP contribution in [0.2, 0.25) is 0 Å². The van der Waals surface area contributed by atoms with Crippen LogP contribution < -0.4 is 4.74 Å². The summed E-state index contributed by atoms with van der Waals surface area (Å²) >= 11 is 0. The Morgan fingerprint density at radius 2 is 1.57 bits per heavy atom. The molecular weight excluding hydrogens is 383 g/mol. The van der Waals surface area contributed by atoms with Gasteiger partial charge in [0.2, 0.25) is 0 Å². The van der Waals surface area contributed by atoms with Crippen LogP contribution in [0.15, 0.2) is 36.4 Å². The van der Waals surface area contributed by atoms with Crippen LogP contribution >= 0.6 is 0 Å². The Bertz CT molecular complexity index is 843. The number of carbonyl (C=O) groups excluding carboxylic acids is 1. The van der Waals surface area contributed by atoms with Gasteiger partial charge < -0.3 is 9.47 Å². The van der Waals surface area contributed by atoms with Gasteiger partial charge in [-0.15, -0.1) is 0 Å². The minimum atomic E-state index is -5.78. The third kappa shape index (κ3) is 5.11. The van der Waals surface area contributed by atoms with Gasteiger partial charge in [-0.3, -0.25) is 0 Å². The monoisotopic (exact) mass is 404 g/mol. The minimum Gasteiger partial charge on any atom is -0.482 e. The highest BCUT2D eigenvalue weighted by atomic mass is 19.4. The molecule has 0 spiro atoms. The number of hydrogen-bond acceptors (Lipinski definition) is 3. The van der Waals surface area contributed by atoms with Crippen molar-refractivity contribution in [3.05, 3.63) is 42.0 Å². The van der Waals surface area contributed by atoms with E-state index in [2.05, 4.69) is 31.6 Å². The van der Waals surface area contributed by atoms with E-state index < -0.39 is 31.3 Å². The Kier molecular flexibility index (Phi) is 6.21. The molecule has 0 fully saturated rings. The molecule has 154 valence electrons. The summed E-state index contributed by atoms with van der Waals surface area (Å²) in [6.07, 6.45) is -4.81. The molecule has 0 radical (unpaired) electrons. The van der Waals surface area contributed by atoms with Crippen LogP contribution in [-0.4, -0.2) is 31.3 Å². The number of benzene rings is 2. The highest BCUT2D eigenvalue weighted by molar-refractivity contribution is 5.85. The zero-order valence-corrected chi connectivity index (χ0v) is 15.7. The number of rotatable bonds is 7. The first-order valence-electron chi connectivity index (χ1n) is 8.63. The fourth-order valence-corrected chi connectivity index (χ4v) is 2.38. The molecule has 0 aliphatic carbocycles. The van der Waals surface area contributed by atoms with Crippen molar-refractivity contribution in [2.75, 3.05) is 13.2 Å². The van der Waals surface area contributed by atoms with Crippen LogP contribution in [0, 0.1) is 0 Å². The first-order chi connectivity index (χ1) is 12.9. The normalized spacial score (nSPS) is 12.9. The summed E-state index contributed by atoms with van der Waals surface area (Å²) in [6, 6.07) is 11.0. The summed E-state index contributed by atoms with van der Waals surface area (Å²) in [5.74, 6) is -6.14. The molecule has 0 heterocycles. The van der Waals surface area contributed by atoms with Gasteiger partial charge in [0.15, 0.2) is 13.2 Å². The molecule has 0 bridgehead atoms. The number of halogens is 5. The lowest BCUT2D eigenvalue weighted by molar-refractivity contribution is -0.294. The molecule has 0 aliphatic heterocycles. The van der Waals surface area contributed by atoms with E-state index in [0.29, 0.717) is 0 Å². The van der Waals surface area contributed by atoms with Crippen molar-refractivity contribution in [1.29, 1.82) is 0 Å². The van der Waals surface area contributed by atoms with Crippen LogP contribution in [0.25, 0.3) is 10.8 Å². The van der Waals surface area contributed by atoms with Gasteiger partial charge in [0.1, 0.15) is 5.75 Å². The van der Waals surface area contributed by atoms with Crippen LogP contribution in [0.1, 0.15) is 32.8 Å². The third-order valence-corrected chi connectivity index (χ3v) is 4.66. The third-order valence-electron chi connectivity index (χ3n) is 4.66. The Morgan fingerprint density at radius 1 is 0.964 bits per heavy atom. The molecule has 0 amide bonds. The average Bonchev–Trinajstić information content (AvgIpc) is 2.63. The zero-order valence-electron chi connectivity index (χ0n) is 15.7. The standard InChI is InChI=1S/C20H21F5O3/c1-4-18(2,3)15-7-5-14-10-16(8-6-13(14)9-15)27-11-17(26)28-12-19(21,22)20(23,24)25/h5-10H,4,11-12H2,1-3H3. The van der Waals surface area contributed by atoms with Gasteiger partial charge in [-0.05, 0) is 40.3 Å². The maximum Gasteiger partial charge on any atom is 0.456 e. The van der Waals surface area contributed by atoms with Gasteiger partial charge in [0.25, 0.3) is 0 Å². The van der Waals surface area contributed by atoms with E-state index in [0.717, 1.165) is 17.2 Å². The molecule has 0 atom stereocenters. The quantitative estimate of drug-likeness (QED) is 0.442. The molecule has 8 heteroatoms. The van der Waals surface area contributed by atoms with Gasteiger partial charge in [0.05, 0.1) is 0 Å². The lowest BCUT2D eigenvalue weighted by Crippen LogP contribution is -2.41. The van der Waals surface area contributed by atoms with E-state index >= 15 is 0 Å². The number of hydrogen-bond donors (Lipinski definition) is 0. The van der Waals surface area contributed by atoms with Crippen LogP contribution in [0.4, 0.5) is 22.0 Å². The second-order valence-corrected chi connectivity index (χ2v) is 7.11. The van der Waals surface area contributed by atoms with Crippen molar-refractivity contribution in [1.82, 2.24) is 0 Å². The van der Waals surface area contributed by atoms with Crippen molar-refractivity contribution in [2.45, 2.75) is 44.7 Å². The predicted octanol–water partition coefficient (Wildman–Crippen LogP) is 5.65. The first kappa shape index (κ1) is 21.9. The van der Waals surface area contributed by atoms with E-state index in [4.69, 9.17) is 4.74 Å². The Labute approximate surface area is 159 Å². The molecule has 0 unspecified atom stereocenters. The molecule has 0 saturated heterocycles. The molecule has 0 aliphatic rings. The van der Waals surface area contributed by atoms with Crippen LogP contribution in [0.3, 0.4) is 0 Å². The fourth-order valence-electron chi connectivity index (χ4n) is 2.38. The molecule has 2 rings (SSSR count). The van der Waals surface area contributed by atoms with Crippen molar-refractivity contribution < 1.29 is 36.2 Å². The van der Waals surface area contributed by atoms with E-state index in [-0.39, 0.29) is 11.2 Å². The van der Waals surface area contributed by atoms with E-state index in [1.165, 1.54) is 5.56 Å². The number of ether oxygens (including phenoxy) is 2. The number of alkyl halides is 5. The fraction of sp³-hybridized carbons (Fsp3) is 0.450. The SMILES string of the molecule is CCC(C)(C)c1ccc2cc(OCC(=O)OCC(F)(F)C(F)(F)F)ccc2c1. The second-order valence-electron chi connectivity index (χ2n) is 7.11. The van der Waals surface area contributed by atoms with Crippen molar-refractivity contribution in [2.24, 2.45) is 0 Å². The highest BCUT2D eigenvalue weighted by Crippen LogP contribution is 2.35. The summed E-state index contributed by atoms with van der Waals surface area (Å²) in [6.45, 7) is 3.52. The van der Waals surface area contributed by atoms with Crippen LogP contribution in [0.5, 0.6) is 5.75 Å². The molecule has 2 aromatic carbocycles. The van der Waals surface area contributed by atoms with Gasteiger partial charge in [-0.25, -0.2) is 4.79 Å². The largest absolute Gasteiger partial charge is 0.482 e. The Hall–Kier alpha value is -2.38. The lowest BCUT2D eigenvalue weighted by Gasteiger charge is -2.23. The van der Waals surface area contributed by atoms with E-state index in [1.807, 2.05) is 12.1 Å². The molecule has 0 N–H and O–H groups in total. The van der Waals surface area contributed by atoms with E-state index in [1.54, 1.807) is 18.2 Å². The molecule has 28 heavy (non-hydrogen) atoms. The Morgan fingerprint density at radius 3 is 2.18 bits per heavy atom. The zero-order chi connectivity index (χ0) is 21.2. The summed E-state index contributed by atoms with van der Waals surface area (Å²) in [5, 5.41) is 1.80. The summed E-state index contributed by atoms with van der Waals surface area (Å²) in [4.78, 5) is 11.4. The number of fused-ring (bicyclic) bond motifs is 1. The average molecular weight is 404 g/mol. The molecular formula is C20H21F5O3. The highest BCUT2D eigenvalue weighted by Gasteiger charge is 2.58. The van der Waals surface area contributed by atoms with Crippen molar-refractivity contribution in [3.63, 3.8) is 0 Å². The van der Waals surface area contributed by atoms with Gasteiger partial charge >= 0.3 is 18.1 Å². The molecule has 3 nitrogen and oxygen atoms in total. The van der Waals surface area contributed by atoms with Gasteiger partial charge in [-0.2, -0.15) is 22.0 Å². The van der Waals surface area contributed by atoms with Crippen LogP contribution in [-0.2, 0) is 14.9 Å². The lowest BCUT2D eigenvalue weighted by atomic mass is 9.81. The predicted molar refractivity (Wildman–Crippen MR) is 94.7 cm³/mol. The summed E-state index contributed by atoms with van der Waals surface area (Å²) < 4.78 is 70.7. The summed E-state index contributed by atoms with van der Waals surface area (Å²) in [5.41, 5.74) is 1.19. The molecule has 2 aromatic rings. The minimum absolute atomic E-state index is 0.0194. The number of esters is 1. The topological polar surface area (TPSA) is 35.5 Å².